The van der Waals surface area contributed by atoms with Gasteiger partial charge in [-0.25, -0.2) is 0 Å². The Kier molecular flexibility index (Phi) is 6.05. The molecule has 170 valence electrons. The molecule has 0 amide bonds. The van der Waals surface area contributed by atoms with Crippen LogP contribution < -0.4 is 9.47 Å². The van der Waals surface area contributed by atoms with Crippen LogP contribution in [0.5, 0.6) is 11.5 Å². The monoisotopic (exact) mass is 442 g/mol. The fourth-order valence-electron chi connectivity index (χ4n) is 5.28. The Balaban J connectivity index is 1.45. The second-order valence-corrected chi connectivity index (χ2v) is 8.96. The van der Waals surface area contributed by atoms with Crippen LogP contribution in [0.1, 0.15) is 46.2 Å². The molecule has 0 spiro atoms. The molecule has 2 aliphatic heterocycles. The first-order valence-corrected chi connectivity index (χ1v) is 11.6. The summed E-state index contributed by atoms with van der Waals surface area (Å²) in [6, 6.07) is 23.1. The lowest BCUT2D eigenvalue weighted by Gasteiger charge is -2.44. The number of benzene rings is 3. The van der Waals surface area contributed by atoms with Crippen LogP contribution in [0.4, 0.5) is 0 Å². The molecule has 0 bridgehead atoms. The number of methoxy groups -OCH3 is 1. The predicted octanol–water partition coefficient (Wildman–Crippen LogP) is 5.50. The van der Waals surface area contributed by atoms with Gasteiger partial charge in [0.05, 0.1) is 12.8 Å². The van der Waals surface area contributed by atoms with Crippen LogP contribution in [0, 0.1) is 6.92 Å². The average molecular weight is 443 g/mol. The number of fused-ring (bicyclic) bond motifs is 3. The van der Waals surface area contributed by atoms with Crippen molar-refractivity contribution in [3.05, 3.63) is 94.5 Å². The van der Waals surface area contributed by atoms with Crippen molar-refractivity contribution in [1.29, 1.82) is 0 Å². The van der Waals surface area contributed by atoms with Crippen molar-refractivity contribution in [3.8, 4) is 11.5 Å². The first-order chi connectivity index (χ1) is 16.2. The Hall–Kier alpha value is -3.31. The maximum absolute atomic E-state index is 9.90. The number of hydrogen-bond acceptors (Lipinski definition) is 5. The Bertz CT molecular complexity index is 1160. The van der Waals surface area contributed by atoms with E-state index in [4.69, 9.17) is 9.47 Å². The highest BCUT2D eigenvalue weighted by atomic mass is 16.5. The zero-order valence-electron chi connectivity index (χ0n) is 19.2. The number of hydrogen-bond donors (Lipinski definition) is 1. The normalized spacial score (nSPS) is 21.3. The summed E-state index contributed by atoms with van der Waals surface area (Å²) in [5.41, 5.74) is 6.86. The van der Waals surface area contributed by atoms with Gasteiger partial charge in [0.2, 0.25) is 0 Å². The van der Waals surface area contributed by atoms with Gasteiger partial charge in [-0.3, -0.25) is 4.90 Å². The number of nitrogens with zero attached hydrogens (tertiary/aromatic N) is 2. The molecular formula is C28H30N2O3. The summed E-state index contributed by atoms with van der Waals surface area (Å²) >= 11 is 0. The van der Waals surface area contributed by atoms with Gasteiger partial charge in [-0.05, 0) is 36.1 Å². The molecule has 0 aromatic heterocycles. The van der Waals surface area contributed by atoms with Crippen molar-refractivity contribution < 1.29 is 14.7 Å². The zero-order chi connectivity index (χ0) is 22.8. The van der Waals surface area contributed by atoms with Gasteiger partial charge in [0.15, 0.2) is 11.5 Å². The van der Waals surface area contributed by atoms with E-state index in [1.165, 1.54) is 22.3 Å². The standard InChI is InChI=1S/C28H30N2O3/c1-19-7-6-10-21(15-19)24-17-30-14-13-23-22(26(30)16-25(24)29-31)11-12-27(32-2)28(23)33-18-20-8-4-3-5-9-20/h3-12,15,24,26,31H,13-14,16-18H2,1-2H3/t24-,26+/m1/s1. The lowest BCUT2D eigenvalue weighted by atomic mass is 9.79. The highest BCUT2D eigenvalue weighted by Crippen LogP contribution is 2.45. The molecule has 2 aliphatic rings. The lowest BCUT2D eigenvalue weighted by Crippen LogP contribution is -2.45. The number of oxime groups is 1. The van der Waals surface area contributed by atoms with Crippen LogP contribution in [0.25, 0.3) is 0 Å². The van der Waals surface area contributed by atoms with E-state index >= 15 is 0 Å². The van der Waals surface area contributed by atoms with Crippen molar-refractivity contribution in [3.63, 3.8) is 0 Å². The van der Waals surface area contributed by atoms with E-state index in [-0.39, 0.29) is 12.0 Å². The summed E-state index contributed by atoms with van der Waals surface area (Å²) in [6.07, 6.45) is 1.60. The van der Waals surface area contributed by atoms with Crippen molar-refractivity contribution in [2.24, 2.45) is 5.16 Å². The number of piperidine rings is 1. The van der Waals surface area contributed by atoms with Crippen molar-refractivity contribution in [2.45, 2.75) is 38.3 Å². The molecule has 1 fully saturated rings. The largest absolute Gasteiger partial charge is 0.493 e. The molecule has 0 radical (unpaired) electrons. The van der Waals surface area contributed by atoms with Gasteiger partial charge < -0.3 is 14.7 Å². The van der Waals surface area contributed by atoms with Crippen molar-refractivity contribution >= 4 is 5.71 Å². The first kappa shape index (κ1) is 21.5. The number of rotatable bonds is 5. The number of aryl methyl sites for hydroxylation is 1. The van der Waals surface area contributed by atoms with E-state index in [2.05, 4.69) is 59.4 Å². The summed E-state index contributed by atoms with van der Waals surface area (Å²) < 4.78 is 12.0. The van der Waals surface area contributed by atoms with E-state index < -0.39 is 0 Å². The summed E-state index contributed by atoms with van der Waals surface area (Å²) in [5, 5.41) is 13.7. The van der Waals surface area contributed by atoms with Crippen LogP contribution in [-0.4, -0.2) is 36.0 Å². The molecule has 5 rings (SSSR count). The molecule has 5 nitrogen and oxygen atoms in total. The molecule has 33 heavy (non-hydrogen) atoms. The molecule has 3 aromatic carbocycles. The number of ether oxygens (including phenoxy) is 2. The van der Waals surface area contributed by atoms with E-state index in [0.29, 0.717) is 13.0 Å². The fraction of sp³-hybridized carbons (Fsp3) is 0.321. The van der Waals surface area contributed by atoms with Crippen LogP contribution in [0.3, 0.4) is 0 Å². The van der Waals surface area contributed by atoms with E-state index in [1.54, 1.807) is 7.11 Å². The Labute approximate surface area is 195 Å². The summed E-state index contributed by atoms with van der Waals surface area (Å²) in [5.74, 6) is 1.71. The van der Waals surface area contributed by atoms with Gasteiger partial charge in [-0.2, -0.15) is 0 Å². The van der Waals surface area contributed by atoms with Gasteiger partial charge in [0, 0.05) is 37.0 Å². The highest BCUT2D eigenvalue weighted by molar-refractivity contribution is 5.92. The molecule has 3 aromatic rings. The van der Waals surface area contributed by atoms with Gasteiger partial charge in [-0.1, -0.05) is 71.4 Å². The van der Waals surface area contributed by atoms with Gasteiger partial charge in [0.25, 0.3) is 0 Å². The van der Waals surface area contributed by atoms with Crippen molar-refractivity contribution in [2.75, 3.05) is 20.2 Å². The maximum Gasteiger partial charge on any atom is 0.165 e. The quantitative estimate of drug-likeness (QED) is 0.419. The topological polar surface area (TPSA) is 54.3 Å². The SMILES string of the molecule is COc1ccc2c(c1OCc1ccccc1)CCN1C[C@H](c3cccc(C)c3)C(=NO)C[C@@H]21. The smallest absolute Gasteiger partial charge is 0.165 e. The summed E-state index contributed by atoms with van der Waals surface area (Å²) in [7, 11) is 1.69. The molecule has 1 saturated heterocycles. The third-order valence-corrected chi connectivity index (χ3v) is 6.95. The molecule has 0 saturated carbocycles. The van der Waals surface area contributed by atoms with Crippen LogP contribution in [0.15, 0.2) is 71.9 Å². The Morgan fingerprint density at radius 1 is 1.06 bits per heavy atom. The van der Waals surface area contributed by atoms with E-state index in [9.17, 15) is 5.21 Å². The molecule has 2 heterocycles. The minimum absolute atomic E-state index is 0.111. The molecule has 5 heteroatoms. The first-order valence-electron chi connectivity index (χ1n) is 11.6. The fourth-order valence-corrected chi connectivity index (χ4v) is 5.28. The van der Waals surface area contributed by atoms with E-state index in [1.807, 2.05) is 24.3 Å². The van der Waals surface area contributed by atoms with Crippen molar-refractivity contribution in [1.82, 2.24) is 4.90 Å². The maximum atomic E-state index is 9.90. The van der Waals surface area contributed by atoms with Crippen LogP contribution in [-0.2, 0) is 13.0 Å². The summed E-state index contributed by atoms with van der Waals surface area (Å²) in [6.45, 7) is 4.39. The summed E-state index contributed by atoms with van der Waals surface area (Å²) in [4.78, 5) is 2.53. The van der Waals surface area contributed by atoms with Crippen LogP contribution in [0.2, 0.25) is 0 Å². The van der Waals surface area contributed by atoms with Gasteiger partial charge in [0.1, 0.15) is 6.61 Å². The lowest BCUT2D eigenvalue weighted by molar-refractivity contribution is 0.163. The van der Waals surface area contributed by atoms with Gasteiger partial charge in [-0.15, -0.1) is 0 Å². The van der Waals surface area contributed by atoms with Crippen LogP contribution >= 0.6 is 0 Å². The minimum Gasteiger partial charge on any atom is -0.493 e. The van der Waals surface area contributed by atoms with E-state index in [0.717, 1.165) is 42.3 Å². The molecule has 0 aliphatic carbocycles. The predicted molar refractivity (Wildman–Crippen MR) is 130 cm³/mol. The highest BCUT2D eigenvalue weighted by Gasteiger charge is 2.39. The second-order valence-electron chi connectivity index (χ2n) is 8.96. The molecule has 0 unspecified atom stereocenters. The Morgan fingerprint density at radius 2 is 1.91 bits per heavy atom. The minimum atomic E-state index is 0.111. The molecular weight excluding hydrogens is 412 g/mol. The second kappa shape index (κ2) is 9.28. The average Bonchev–Trinajstić information content (AvgIpc) is 2.86. The Morgan fingerprint density at radius 3 is 2.67 bits per heavy atom. The zero-order valence-corrected chi connectivity index (χ0v) is 19.2. The molecule has 1 N–H and O–H groups in total. The third kappa shape index (κ3) is 4.21. The van der Waals surface area contributed by atoms with Gasteiger partial charge >= 0.3 is 0 Å². The third-order valence-electron chi connectivity index (χ3n) is 6.95. The molecule has 2 atom stereocenters.